The summed E-state index contributed by atoms with van der Waals surface area (Å²) < 4.78 is 1.84. The molecule has 0 radical (unpaired) electrons. The minimum atomic E-state index is 0.873. The van der Waals surface area contributed by atoms with Crippen LogP contribution in [-0.2, 0) is 13.1 Å². The maximum Gasteiger partial charge on any atom is 0.0397 e. The predicted octanol–water partition coefficient (Wildman–Crippen LogP) is 2.87. The molecule has 17 heavy (non-hydrogen) atoms. The summed E-state index contributed by atoms with van der Waals surface area (Å²) >= 11 is 6.05. The van der Waals surface area contributed by atoms with Crippen molar-refractivity contribution >= 4 is 17.3 Å². The van der Waals surface area contributed by atoms with Crippen LogP contribution >= 0.6 is 11.8 Å². The van der Waals surface area contributed by atoms with Gasteiger partial charge < -0.3 is 4.90 Å². The molecule has 0 fully saturated rings. The molecule has 0 unspecified atom stereocenters. The summed E-state index contributed by atoms with van der Waals surface area (Å²) in [5.74, 6) is 0. The number of nitrogens with zero attached hydrogens (tertiary/aromatic N) is 2. The van der Waals surface area contributed by atoms with E-state index in [2.05, 4.69) is 36.2 Å². The number of hydrogen-bond donors (Lipinski definition) is 0. The maximum absolute atomic E-state index is 6.05. The summed E-state index contributed by atoms with van der Waals surface area (Å²) in [4.78, 5) is 2.34. The van der Waals surface area contributed by atoms with Gasteiger partial charge in [0.05, 0.1) is 0 Å². The Balaban J connectivity index is 1.88. The molecule has 1 aromatic carbocycles. The third-order valence-corrected chi connectivity index (χ3v) is 3.91. The molecule has 2 aliphatic heterocycles. The van der Waals surface area contributed by atoms with Crippen LogP contribution in [0.1, 0.15) is 23.1 Å². The molecular weight excluding hydrogens is 232 g/mol. The molecule has 0 N–H and O–H groups in total. The van der Waals surface area contributed by atoms with Crippen molar-refractivity contribution in [2.75, 3.05) is 20.1 Å². The highest BCUT2D eigenvalue weighted by Crippen LogP contribution is 2.29. The SMILES string of the molecule is CN1CC=C(c2ccc3c(c2)CN(Cl)C3)CC1. The van der Waals surface area contributed by atoms with E-state index >= 15 is 0 Å². The molecule has 3 heteroatoms. The first kappa shape index (κ1) is 11.3. The standard InChI is InChI=1S/C14H17ClN2/c1-16-6-4-11(5-7-16)12-2-3-13-9-17(15)10-14(13)8-12/h2-4,8H,5-7,9-10H2,1H3. The Labute approximate surface area is 108 Å². The first-order valence-electron chi connectivity index (χ1n) is 6.13. The highest BCUT2D eigenvalue weighted by atomic mass is 35.5. The lowest BCUT2D eigenvalue weighted by Gasteiger charge is -2.22. The molecule has 1 aromatic rings. The number of hydrogen-bond acceptors (Lipinski definition) is 2. The molecule has 90 valence electrons. The molecule has 0 saturated carbocycles. The lowest BCUT2D eigenvalue weighted by Crippen LogP contribution is -2.23. The van der Waals surface area contributed by atoms with E-state index in [0.29, 0.717) is 0 Å². The van der Waals surface area contributed by atoms with Crippen LogP contribution < -0.4 is 0 Å². The van der Waals surface area contributed by atoms with Crippen molar-refractivity contribution in [1.29, 1.82) is 0 Å². The minimum Gasteiger partial charge on any atom is -0.302 e. The number of benzene rings is 1. The van der Waals surface area contributed by atoms with Crippen molar-refractivity contribution in [3.8, 4) is 0 Å². The van der Waals surface area contributed by atoms with Gasteiger partial charge in [-0.15, -0.1) is 0 Å². The summed E-state index contributed by atoms with van der Waals surface area (Å²) in [5, 5.41) is 0. The van der Waals surface area contributed by atoms with E-state index in [-0.39, 0.29) is 0 Å². The molecule has 0 bridgehead atoms. The van der Waals surface area contributed by atoms with Gasteiger partial charge in [-0.1, -0.05) is 18.2 Å². The van der Waals surface area contributed by atoms with Crippen LogP contribution in [0.25, 0.3) is 5.57 Å². The zero-order chi connectivity index (χ0) is 11.8. The van der Waals surface area contributed by atoms with Gasteiger partial charge in [-0.3, -0.25) is 0 Å². The summed E-state index contributed by atoms with van der Waals surface area (Å²) in [6.07, 6.45) is 3.50. The van der Waals surface area contributed by atoms with Crippen molar-refractivity contribution in [3.05, 3.63) is 41.0 Å². The van der Waals surface area contributed by atoms with Crippen LogP contribution in [0.15, 0.2) is 24.3 Å². The largest absolute Gasteiger partial charge is 0.302 e. The van der Waals surface area contributed by atoms with Gasteiger partial charge in [-0.2, -0.15) is 0 Å². The Hall–Kier alpha value is -0.830. The fourth-order valence-electron chi connectivity index (χ4n) is 2.59. The van der Waals surface area contributed by atoms with Crippen molar-refractivity contribution < 1.29 is 0 Å². The first-order valence-corrected chi connectivity index (χ1v) is 6.46. The molecule has 2 heterocycles. The first-order chi connectivity index (χ1) is 8.22. The van der Waals surface area contributed by atoms with Crippen molar-refractivity contribution in [2.45, 2.75) is 19.5 Å². The van der Waals surface area contributed by atoms with Crippen molar-refractivity contribution in [1.82, 2.24) is 9.32 Å². The van der Waals surface area contributed by atoms with Crippen molar-refractivity contribution in [3.63, 3.8) is 0 Å². The average Bonchev–Trinajstić information content (AvgIpc) is 2.69. The van der Waals surface area contributed by atoms with Crippen LogP contribution in [0.2, 0.25) is 0 Å². The molecule has 0 atom stereocenters. The van der Waals surface area contributed by atoms with Gasteiger partial charge in [-0.25, -0.2) is 4.42 Å². The van der Waals surface area contributed by atoms with Crippen LogP contribution in [0.5, 0.6) is 0 Å². The van der Waals surface area contributed by atoms with E-state index in [0.717, 1.165) is 32.6 Å². The Kier molecular flexibility index (Phi) is 2.95. The molecule has 0 aliphatic carbocycles. The molecule has 2 aliphatic rings. The number of fused-ring (bicyclic) bond motifs is 1. The zero-order valence-corrected chi connectivity index (χ0v) is 10.9. The normalized spacial score (nSPS) is 21.4. The third-order valence-electron chi connectivity index (χ3n) is 3.67. The average molecular weight is 249 g/mol. The number of rotatable bonds is 1. The Bertz CT molecular complexity index is 467. The van der Waals surface area contributed by atoms with E-state index in [1.54, 1.807) is 0 Å². The maximum atomic E-state index is 6.05. The van der Waals surface area contributed by atoms with E-state index in [1.165, 1.54) is 22.3 Å². The highest BCUT2D eigenvalue weighted by Gasteiger charge is 2.18. The quantitative estimate of drug-likeness (QED) is 0.706. The van der Waals surface area contributed by atoms with Gasteiger partial charge in [0.25, 0.3) is 0 Å². The van der Waals surface area contributed by atoms with Gasteiger partial charge in [0.2, 0.25) is 0 Å². The second-order valence-electron chi connectivity index (χ2n) is 5.00. The predicted molar refractivity (Wildman–Crippen MR) is 71.6 cm³/mol. The van der Waals surface area contributed by atoms with E-state index in [4.69, 9.17) is 11.8 Å². The molecule has 2 nitrogen and oxygen atoms in total. The fourth-order valence-corrected chi connectivity index (χ4v) is 2.84. The molecule has 0 spiro atoms. The summed E-state index contributed by atoms with van der Waals surface area (Å²) in [6.45, 7) is 3.97. The van der Waals surface area contributed by atoms with Gasteiger partial charge in [0, 0.05) is 26.2 Å². The summed E-state index contributed by atoms with van der Waals surface area (Å²) in [6, 6.07) is 6.78. The minimum absolute atomic E-state index is 0.873. The van der Waals surface area contributed by atoms with Gasteiger partial charge >= 0.3 is 0 Å². The second-order valence-corrected chi connectivity index (χ2v) is 5.48. The Morgan fingerprint density at radius 1 is 1.18 bits per heavy atom. The van der Waals surface area contributed by atoms with Gasteiger partial charge in [0.1, 0.15) is 0 Å². The summed E-state index contributed by atoms with van der Waals surface area (Å²) in [7, 11) is 2.17. The molecule has 0 aromatic heterocycles. The van der Waals surface area contributed by atoms with Crippen LogP contribution in [0.4, 0.5) is 0 Å². The Morgan fingerprint density at radius 3 is 2.76 bits per heavy atom. The zero-order valence-electron chi connectivity index (χ0n) is 10.1. The smallest absolute Gasteiger partial charge is 0.0397 e. The molecule has 0 saturated heterocycles. The van der Waals surface area contributed by atoms with Crippen molar-refractivity contribution in [2.24, 2.45) is 0 Å². The van der Waals surface area contributed by atoms with Crippen LogP contribution in [0, 0.1) is 0 Å². The van der Waals surface area contributed by atoms with Crippen LogP contribution in [-0.4, -0.2) is 29.5 Å². The van der Waals surface area contributed by atoms with Gasteiger partial charge in [0.15, 0.2) is 0 Å². The Morgan fingerprint density at radius 2 is 2.00 bits per heavy atom. The van der Waals surface area contributed by atoms with E-state index in [9.17, 15) is 0 Å². The van der Waals surface area contributed by atoms with Gasteiger partial charge in [-0.05, 0) is 53.6 Å². The molecular formula is C14H17ClN2. The topological polar surface area (TPSA) is 6.48 Å². The van der Waals surface area contributed by atoms with E-state index in [1.807, 2.05) is 4.42 Å². The third kappa shape index (κ3) is 2.25. The lowest BCUT2D eigenvalue weighted by molar-refractivity contribution is 0.370. The highest BCUT2D eigenvalue weighted by molar-refractivity contribution is 6.13. The summed E-state index contributed by atoms with van der Waals surface area (Å²) in [5.41, 5.74) is 5.62. The lowest BCUT2D eigenvalue weighted by atomic mass is 9.96. The number of halogens is 1. The monoisotopic (exact) mass is 248 g/mol. The van der Waals surface area contributed by atoms with E-state index < -0.39 is 0 Å². The second kappa shape index (κ2) is 4.45. The van der Waals surface area contributed by atoms with Crippen LogP contribution in [0.3, 0.4) is 0 Å². The number of likely N-dealkylation sites (N-methyl/N-ethyl adjacent to an activating group) is 1. The molecule has 3 rings (SSSR count). The fraction of sp³-hybridized carbons (Fsp3) is 0.429. The molecule has 0 amide bonds.